The molecule has 0 aromatic heterocycles. The van der Waals surface area contributed by atoms with Crippen molar-refractivity contribution in [2.24, 2.45) is 5.73 Å². The third-order valence-electron chi connectivity index (χ3n) is 3.83. The molecule has 0 bridgehead atoms. The molecule has 0 amide bonds. The van der Waals surface area contributed by atoms with Crippen molar-refractivity contribution < 1.29 is 5.11 Å². The zero-order valence-electron chi connectivity index (χ0n) is 11.2. The molecule has 0 aromatic carbocycles. The number of nitrogens with one attached hydrogen (secondary N) is 1. The first kappa shape index (κ1) is 14.9. The first-order valence-electron chi connectivity index (χ1n) is 7.04. The topological polar surface area (TPSA) is 61.5 Å². The van der Waals surface area contributed by atoms with Gasteiger partial charge in [-0.2, -0.15) is 0 Å². The van der Waals surface area contributed by atoms with E-state index in [1.807, 2.05) is 0 Å². The van der Waals surface area contributed by atoms with Crippen LogP contribution >= 0.6 is 0 Å². The summed E-state index contributed by atoms with van der Waals surface area (Å²) in [7, 11) is 0. The second-order valence-electron chi connectivity index (χ2n) is 5.18. The Bertz CT molecular complexity index is 186. The second-order valence-corrected chi connectivity index (χ2v) is 5.18. The Hall–Kier alpha value is -0.160. The molecule has 0 radical (unpaired) electrons. The monoisotopic (exact) mass is 243 g/mol. The van der Waals surface area contributed by atoms with Crippen molar-refractivity contribution in [3.8, 4) is 0 Å². The number of likely N-dealkylation sites (tertiary alicyclic amines) is 1. The maximum Gasteiger partial charge on any atom is 0.0431 e. The number of unbranched alkanes of at least 4 members (excludes halogenated alkanes) is 1. The lowest BCUT2D eigenvalue weighted by Gasteiger charge is -2.42. The SMILES string of the molecule is CCCN1CCC(CN)(NCCCCO)CC1. The Morgan fingerprint density at radius 2 is 2.00 bits per heavy atom. The van der Waals surface area contributed by atoms with E-state index in [2.05, 4.69) is 17.1 Å². The number of nitrogens with zero attached hydrogens (tertiary/aromatic N) is 1. The normalized spacial score (nSPS) is 20.6. The Kier molecular flexibility index (Phi) is 7.04. The number of piperidine rings is 1. The summed E-state index contributed by atoms with van der Waals surface area (Å²) in [4.78, 5) is 2.53. The predicted molar refractivity (Wildman–Crippen MR) is 72.1 cm³/mol. The van der Waals surface area contributed by atoms with Gasteiger partial charge in [-0.25, -0.2) is 0 Å². The number of nitrogens with two attached hydrogens (primary N) is 1. The molecule has 0 spiro atoms. The van der Waals surface area contributed by atoms with Crippen molar-refractivity contribution in [1.82, 2.24) is 10.2 Å². The standard InChI is InChI=1S/C13H29N3O/c1-2-8-16-9-5-13(12-14,6-10-16)15-7-3-4-11-17/h15,17H,2-12,14H2,1H3. The van der Waals surface area contributed by atoms with Crippen molar-refractivity contribution in [1.29, 1.82) is 0 Å². The van der Waals surface area contributed by atoms with Crippen LogP contribution in [-0.2, 0) is 0 Å². The molecule has 0 saturated carbocycles. The molecule has 0 aromatic rings. The van der Waals surface area contributed by atoms with Crippen LogP contribution in [0.4, 0.5) is 0 Å². The largest absolute Gasteiger partial charge is 0.396 e. The highest BCUT2D eigenvalue weighted by molar-refractivity contribution is 4.94. The zero-order chi connectivity index (χ0) is 12.6. The average molecular weight is 243 g/mol. The zero-order valence-corrected chi connectivity index (χ0v) is 11.2. The third-order valence-corrected chi connectivity index (χ3v) is 3.83. The fourth-order valence-corrected chi connectivity index (χ4v) is 2.56. The van der Waals surface area contributed by atoms with Crippen LogP contribution < -0.4 is 11.1 Å². The van der Waals surface area contributed by atoms with Gasteiger partial charge >= 0.3 is 0 Å². The van der Waals surface area contributed by atoms with Crippen molar-refractivity contribution in [3.05, 3.63) is 0 Å². The quantitative estimate of drug-likeness (QED) is 0.545. The van der Waals surface area contributed by atoms with E-state index in [9.17, 15) is 0 Å². The molecule has 0 atom stereocenters. The van der Waals surface area contributed by atoms with Gasteiger partial charge in [0.05, 0.1) is 0 Å². The maximum atomic E-state index is 8.76. The van der Waals surface area contributed by atoms with Gasteiger partial charge in [0, 0.05) is 18.7 Å². The maximum absolute atomic E-state index is 8.76. The number of aliphatic hydroxyl groups is 1. The molecule has 1 aliphatic rings. The Morgan fingerprint density at radius 3 is 2.53 bits per heavy atom. The van der Waals surface area contributed by atoms with Crippen LogP contribution in [0.2, 0.25) is 0 Å². The van der Waals surface area contributed by atoms with Crippen LogP contribution in [0.3, 0.4) is 0 Å². The molecule has 4 nitrogen and oxygen atoms in total. The fraction of sp³-hybridized carbons (Fsp3) is 1.00. The molecule has 4 N–H and O–H groups in total. The molecule has 1 rings (SSSR count). The highest BCUT2D eigenvalue weighted by atomic mass is 16.2. The summed E-state index contributed by atoms with van der Waals surface area (Å²) >= 11 is 0. The van der Waals surface area contributed by atoms with E-state index >= 15 is 0 Å². The highest BCUT2D eigenvalue weighted by Crippen LogP contribution is 2.21. The highest BCUT2D eigenvalue weighted by Gasteiger charge is 2.32. The van der Waals surface area contributed by atoms with Crippen LogP contribution in [0.15, 0.2) is 0 Å². The van der Waals surface area contributed by atoms with E-state index in [-0.39, 0.29) is 5.54 Å². The molecular weight excluding hydrogens is 214 g/mol. The smallest absolute Gasteiger partial charge is 0.0431 e. The number of hydrogen-bond acceptors (Lipinski definition) is 4. The van der Waals surface area contributed by atoms with Crippen molar-refractivity contribution in [2.45, 2.75) is 44.6 Å². The lowest BCUT2D eigenvalue weighted by atomic mass is 9.87. The van der Waals surface area contributed by atoms with Gasteiger partial charge in [0.15, 0.2) is 0 Å². The van der Waals surface area contributed by atoms with Gasteiger partial charge in [0.25, 0.3) is 0 Å². The van der Waals surface area contributed by atoms with Crippen LogP contribution in [0, 0.1) is 0 Å². The predicted octanol–water partition coefficient (Wildman–Crippen LogP) is 0.552. The molecule has 1 fully saturated rings. The summed E-state index contributed by atoms with van der Waals surface area (Å²) in [5, 5.41) is 12.4. The number of rotatable bonds is 8. The van der Waals surface area contributed by atoms with Crippen LogP contribution in [-0.4, -0.2) is 54.9 Å². The van der Waals surface area contributed by atoms with Crippen LogP contribution in [0.5, 0.6) is 0 Å². The molecule has 1 saturated heterocycles. The number of hydrogen-bond donors (Lipinski definition) is 3. The van der Waals surface area contributed by atoms with Crippen molar-refractivity contribution in [2.75, 3.05) is 39.3 Å². The summed E-state index contributed by atoms with van der Waals surface area (Å²) in [5.41, 5.74) is 6.09. The van der Waals surface area contributed by atoms with Gasteiger partial charge in [-0.3, -0.25) is 0 Å². The van der Waals surface area contributed by atoms with Crippen molar-refractivity contribution >= 4 is 0 Å². The van der Waals surface area contributed by atoms with Gasteiger partial charge in [-0.05, 0) is 58.3 Å². The molecule has 0 unspecified atom stereocenters. The van der Waals surface area contributed by atoms with Crippen molar-refractivity contribution in [3.63, 3.8) is 0 Å². The molecule has 0 aliphatic carbocycles. The summed E-state index contributed by atoms with van der Waals surface area (Å²) in [6, 6.07) is 0. The minimum absolute atomic E-state index is 0.152. The fourth-order valence-electron chi connectivity index (χ4n) is 2.56. The van der Waals surface area contributed by atoms with Gasteiger partial charge in [-0.15, -0.1) is 0 Å². The molecule has 1 heterocycles. The van der Waals surface area contributed by atoms with Gasteiger partial charge in [0.1, 0.15) is 0 Å². The molecule has 1 aliphatic heterocycles. The number of aliphatic hydroxyl groups excluding tert-OH is 1. The second kappa shape index (κ2) is 8.03. The lowest BCUT2D eigenvalue weighted by Crippen LogP contribution is -2.57. The Labute approximate surface area is 106 Å². The summed E-state index contributed by atoms with van der Waals surface area (Å²) in [6.45, 7) is 7.78. The van der Waals surface area contributed by atoms with E-state index < -0.39 is 0 Å². The van der Waals surface area contributed by atoms with Gasteiger partial charge < -0.3 is 21.1 Å². The summed E-state index contributed by atoms with van der Waals surface area (Å²) in [6.07, 6.45) is 5.47. The van der Waals surface area contributed by atoms with Crippen LogP contribution in [0.25, 0.3) is 0 Å². The minimum atomic E-state index is 0.152. The molecular formula is C13H29N3O. The average Bonchev–Trinajstić information content (AvgIpc) is 2.37. The van der Waals surface area contributed by atoms with Crippen LogP contribution in [0.1, 0.15) is 39.0 Å². The lowest BCUT2D eigenvalue weighted by molar-refractivity contribution is 0.138. The van der Waals surface area contributed by atoms with E-state index in [1.165, 1.54) is 13.0 Å². The molecule has 17 heavy (non-hydrogen) atoms. The first-order chi connectivity index (χ1) is 8.26. The Balaban J connectivity index is 2.28. The van der Waals surface area contributed by atoms with Gasteiger partial charge in [0.2, 0.25) is 0 Å². The summed E-state index contributed by atoms with van der Waals surface area (Å²) < 4.78 is 0. The van der Waals surface area contributed by atoms with E-state index in [1.54, 1.807) is 0 Å². The Morgan fingerprint density at radius 1 is 1.29 bits per heavy atom. The molecule has 4 heteroatoms. The minimum Gasteiger partial charge on any atom is -0.396 e. The van der Waals surface area contributed by atoms with E-state index in [4.69, 9.17) is 10.8 Å². The first-order valence-corrected chi connectivity index (χ1v) is 7.04. The molecule has 102 valence electrons. The van der Waals surface area contributed by atoms with E-state index in [0.29, 0.717) is 6.61 Å². The van der Waals surface area contributed by atoms with Gasteiger partial charge in [-0.1, -0.05) is 6.92 Å². The third kappa shape index (κ3) is 4.92. The van der Waals surface area contributed by atoms with E-state index in [0.717, 1.165) is 51.9 Å². The summed E-state index contributed by atoms with van der Waals surface area (Å²) in [5.74, 6) is 0.